The lowest BCUT2D eigenvalue weighted by Gasteiger charge is -2.35. The Balaban J connectivity index is 0.000000126. The van der Waals surface area contributed by atoms with E-state index in [1.54, 1.807) is 71.0 Å². The van der Waals surface area contributed by atoms with E-state index >= 15 is 0 Å². The molecule has 6 heterocycles. The number of rotatable bonds is 0. The van der Waals surface area contributed by atoms with Crippen molar-refractivity contribution in [3.05, 3.63) is 195 Å². The van der Waals surface area contributed by atoms with Gasteiger partial charge in [0.15, 0.2) is 5.65 Å². The van der Waals surface area contributed by atoms with Crippen LogP contribution in [-0.2, 0) is 21.1 Å². The first-order chi connectivity index (χ1) is 31.5. The molecule has 0 N–H and O–H groups in total. The topological polar surface area (TPSA) is 124 Å². The summed E-state index contributed by atoms with van der Waals surface area (Å²) in [6.45, 7) is 9.11. The Hall–Kier alpha value is -8.13. The molecular weight excluding hydrogens is 837 g/mol. The molecular formula is C52H49F2N9O3. The van der Waals surface area contributed by atoms with Gasteiger partial charge in [-0.3, -0.25) is 14.3 Å². The summed E-state index contributed by atoms with van der Waals surface area (Å²) in [5.41, 5.74) is 6.71. The SMILES string of the molecule is CC1=CN(C)C(=O)N2C1=Nc1cccc3cccc2c13.Cc1cc(C)c(F)cc1F.Cc1cccc2ccn(C)c(=O)c12.Cc1ncnc2nn(C)cc12.Cn1ccc2ccccc2c1=O. The second-order valence-electron chi connectivity index (χ2n) is 16.1. The number of hydrogen-bond donors (Lipinski definition) is 0. The summed E-state index contributed by atoms with van der Waals surface area (Å²) in [4.78, 5) is 51.7. The van der Waals surface area contributed by atoms with Gasteiger partial charge < -0.3 is 14.0 Å². The minimum Gasteiger partial charge on any atom is -0.318 e. The van der Waals surface area contributed by atoms with Crippen LogP contribution in [0.5, 0.6) is 0 Å². The maximum atomic E-state index is 12.5. The van der Waals surface area contributed by atoms with Crippen LogP contribution in [0.2, 0.25) is 0 Å². The molecule has 5 aromatic carbocycles. The average Bonchev–Trinajstić information content (AvgIpc) is 3.70. The Morgan fingerprint density at radius 1 is 0.576 bits per heavy atom. The minimum atomic E-state index is -0.483. The first-order valence-electron chi connectivity index (χ1n) is 21.0. The number of amides is 2. The highest BCUT2D eigenvalue weighted by Gasteiger charge is 2.33. The molecule has 0 saturated heterocycles. The predicted molar refractivity (Wildman–Crippen MR) is 260 cm³/mol. The van der Waals surface area contributed by atoms with E-state index in [0.29, 0.717) is 11.1 Å². The molecule has 0 unspecified atom stereocenters. The third-order valence-electron chi connectivity index (χ3n) is 11.1. The zero-order valence-electron chi connectivity index (χ0n) is 38.2. The van der Waals surface area contributed by atoms with Gasteiger partial charge in [0.1, 0.15) is 23.8 Å². The molecule has 2 aliphatic heterocycles. The number of aliphatic imine (C=N–C) groups is 1. The van der Waals surface area contributed by atoms with E-state index in [2.05, 4.69) is 20.1 Å². The fourth-order valence-corrected chi connectivity index (χ4v) is 7.59. The minimum absolute atomic E-state index is 0.0631. The number of halogens is 2. The van der Waals surface area contributed by atoms with Gasteiger partial charge in [-0.15, -0.1) is 0 Å². The molecule has 0 radical (unpaired) electrons. The van der Waals surface area contributed by atoms with Crippen LogP contribution in [0.1, 0.15) is 29.3 Å². The lowest BCUT2D eigenvalue weighted by Crippen LogP contribution is -2.48. The second kappa shape index (κ2) is 19.3. The summed E-state index contributed by atoms with van der Waals surface area (Å²) in [7, 11) is 7.17. The monoisotopic (exact) mass is 885 g/mol. The van der Waals surface area contributed by atoms with Gasteiger partial charge in [0.2, 0.25) is 0 Å². The van der Waals surface area contributed by atoms with Crippen LogP contribution in [0.15, 0.2) is 154 Å². The molecule has 4 aromatic heterocycles. The molecule has 2 amide bonds. The molecule has 9 aromatic rings. The lowest BCUT2D eigenvalue weighted by molar-refractivity contribution is 0.230. The number of nitrogens with zero attached hydrogens (tertiary/aromatic N) is 9. The highest BCUT2D eigenvalue weighted by atomic mass is 19.1. The Morgan fingerprint density at radius 2 is 1.18 bits per heavy atom. The van der Waals surface area contributed by atoms with Crippen molar-refractivity contribution >= 4 is 66.6 Å². The first-order valence-corrected chi connectivity index (χ1v) is 21.0. The summed E-state index contributed by atoms with van der Waals surface area (Å²) < 4.78 is 30.0. The van der Waals surface area contributed by atoms with E-state index in [-0.39, 0.29) is 17.1 Å². The van der Waals surface area contributed by atoms with Crippen LogP contribution in [0.3, 0.4) is 0 Å². The van der Waals surface area contributed by atoms with Gasteiger partial charge in [-0.05, 0) is 97.8 Å². The number of carbonyl (C=O) groups is 1. The van der Waals surface area contributed by atoms with Crippen LogP contribution >= 0.6 is 0 Å². The molecule has 0 fully saturated rings. The van der Waals surface area contributed by atoms with E-state index in [4.69, 9.17) is 0 Å². The number of hydrogen-bond acceptors (Lipinski definition) is 7. The molecule has 0 aliphatic carbocycles. The number of anilines is 1. The van der Waals surface area contributed by atoms with Crippen molar-refractivity contribution in [2.24, 2.45) is 26.1 Å². The number of benzene rings is 5. The van der Waals surface area contributed by atoms with E-state index in [0.717, 1.165) is 83.5 Å². The van der Waals surface area contributed by atoms with Gasteiger partial charge in [-0.25, -0.2) is 33.4 Å². The van der Waals surface area contributed by atoms with E-state index < -0.39 is 11.6 Å². The summed E-state index contributed by atoms with van der Waals surface area (Å²) in [6, 6.07) is 31.8. The van der Waals surface area contributed by atoms with Crippen LogP contribution in [0.25, 0.3) is 43.4 Å². The Bertz CT molecular complexity index is 3440. The van der Waals surface area contributed by atoms with Crippen molar-refractivity contribution in [3.63, 3.8) is 0 Å². The maximum absolute atomic E-state index is 12.5. The van der Waals surface area contributed by atoms with Crippen molar-refractivity contribution in [1.82, 2.24) is 33.8 Å². The number of aryl methyl sites for hydroxylation is 7. The Kier molecular flexibility index (Phi) is 13.4. The molecule has 2 aliphatic rings. The van der Waals surface area contributed by atoms with Gasteiger partial charge in [0.25, 0.3) is 11.1 Å². The molecule has 0 spiro atoms. The molecule has 11 rings (SSSR count). The number of amidine groups is 1. The van der Waals surface area contributed by atoms with E-state index in [1.165, 1.54) is 12.4 Å². The maximum Gasteiger partial charge on any atom is 0.334 e. The Labute approximate surface area is 380 Å². The summed E-state index contributed by atoms with van der Waals surface area (Å²) in [6.07, 6.45) is 8.86. The lowest BCUT2D eigenvalue weighted by atomic mass is 10.0. The number of fused-ring (bicyclic) bond motifs is 5. The smallest absolute Gasteiger partial charge is 0.318 e. The molecule has 66 heavy (non-hydrogen) atoms. The Morgan fingerprint density at radius 3 is 1.86 bits per heavy atom. The number of aromatic nitrogens is 6. The highest BCUT2D eigenvalue weighted by molar-refractivity contribution is 6.30. The molecule has 12 nitrogen and oxygen atoms in total. The van der Waals surface area contributed by atoms with Gasteiger partial charge in [-0.1, -0.05) is 66.7 Å². The highest BCUT2D eigenvalue weighted by Crippen LogP contribution is 2.41. The molecule has 334 valence electrons. The molecule has 0 bridgehead atoms. The third kappa shape index (κ3) is 9.53. The van der Waals surface area contributed by atoms with Gasteiger partial charge in [0, 0.05) is 75.4 Å². The zero-order chi connectivity index (χ0) is 47.4. The van der Waals surface area contributed by atoms with Gasteiger partial charge >= 0.3 is 6.03 Å². The fourth-order valence-electron chi connectivity index (χ4n) is 7.59. The normalized spacial score (nSPS) is 12.4. The van der Waals surface area contributed by atoms with Crippen molar-refractivity contribution < 1.29 is 13.6 Å². The summed E-state index contributed by atoms with van der Waals surface area (Å²) >= 11 is 0. The molecule has 0 atom stereocenters. The summed E-state index contributed by atoms with van der Waals surface area (Å²) in [5.74, 6) is -0.245. The van der Waals surface area contributed by atoms with E-state index in [9.17, 15) is 23.2 Å². The van der Waals surface area contributed by atoms with E-state index in [1.807, 2.05) is 131 Å². The van der Waals surface area contributed by atoms with Crippen molar-refractivity contribution in [2.75, 3.05) is 11.9 Å². The third-order valence-corrected chi connectivity index (χ3v) is 11.1. The number of pyridine rings is 2. The van der Waals surface area contributed by atoms with Gasteiger partial charge in [-0.2, -0.15) is 5.10 Å². The van der Waals surface area contributed by atoms with Crippen LogP contribution in [-0.4, -0.2) is 52.7 Å². The summed E-state index contributed by atoms with van der Waals surface area (Å²) in [5, 5.41) is 10.9. The average molecular weight is 886 g/mol. The van der Waals surface area contributed by atoms with Crippen LogP contribution < -0.4 is 16.0 Å². The van der Waals surface area contributed by atoms with Crippen molar-refractivity contribution in [1.29, 1.82) is 0 Å². The quantitative estimate of drug-likeness (QED) is 0.149. The van der Waals surface area contributed by atoms with Crippen LogP contribution in [0, 0.1) is 39.3 Å². The predicted octanol–water partition coefficient (Wildman–Crippen LogP) is 10.3. The first kappa shape index (κ1) is 45.9. The van der Waals surface area contributed by atoms with Crippen molar-refractivity contribution in [2.45, 2.75) is 34.6 Å². The fraction of sp³-hybridized carbons (Fsp3) is 0.173. The number of carbonyl (C=O) groups excluding carboxylic acids is 1. The standard InChI is InChI=1S/C16H13N3O.C11H11NO.C10H9NO.C8H8F2.C7H8N4/c1-10-9-18(2)16(20)19-13-8-4-6-11-5-3-7-12(14(11)13)17-15(10)19;1-8-4-3-5-9-6-7-12(2)11(13)10(8)9;1-11-7-6-8-4-2-3-5-9(8)10(11)12;1-5-3-6(2)8(10)4-7(5)9;1-5-6-3-11(2)10-7(6)9-4-8-5/h3-9H,1-2H3;3-7H,1-2H3;2-7H,1H3;3-4H,1-2H3;3-4H,1-2H3. The van der Waals surface area contributed by atoms with Crippen LogP contribution in [0.4, 0.5) is 25.0 Å². The van der Waals surface area contributed by atoms with Crippen molar-refractivity contribution in [3.8, 4) is 0 Å². The molecule has 0 saturated carbocycles. The zero-order valence-corrected chi connectivity index (χ0v) is 38.2. The van der Waals surface area contributed by atoms with Gasteiger partial charge in [0.05, 0.1) is 27.8 Å². The number of urea groups is 1. The second-order valence-corrected chi connectivity index (χ2v) is 16.1. The largest absolute Gasteiger partial charge is 0.334 e. The molecule has 14 heteroatoms.